The standard InChI is InChI=1S/C18H28N2O4/c1-22-16-8-6-7-14(13-15(19)18(21)23-2)17(16)24-12-11-20-9-4-3-5-10-20/h6-8,15H,3-5,9-13,19H2,1-2H3. The number of hydrogen-bond donors (Lipinski definition) is 1. The Morgan fingerprint density at radius 3 is 2.67 bits per heavy atom. The van der Waals surface area contributed by atoms with Gasteiger partial charge in [-0.3, -0.25) is 9.69 Å². The number of carbonyl (C=O) groups excluding carboxylic acids is 1. The van der Waals surface area contributed by atoms with Gasteiger partial charge in [0.05, 0.1) is 14.2 Å². The van der Waals surface area contributed by atoms with Crippen molar-refractivity contribution in [2.45, 2.75) is 31.7 Å². The molecule has 1 saturated heterocycles. The Hall–Kier alpha value is -1.79. The smallest absolute Gasteiger partial charge is 0.322 e. The first-order valence-electron chi connectivity index (χ1n) is 8.50. The van der Waals surface area contributed by atoms with E-state index in [1.54, 1.807) is 7.11 Å². The van der Waals surface area contributed by atoms with Crippen molar-refractivity contribution in [3.8, 4) is 11.5 Å². The maximum absolute atomic E-state index is 11.6. The summed E-state index contributed by atoms with van der Waals surface area (Å²) < 4.78 is 16.1. The molecule has 1 atom stereocenters. The average molecular weight is 336 g/mol. The van der Waals surface area contributed by atoms with E-state index in [1.807, 2.05) is 18.2 Å². The van der Waals surface area contributed by atoms with Crippen molar-refractivity contribution in [2.24, 2.45) is 5.73 Å². The second-order valence-corrected chi connectivity index (χ2v) is 6.03. The molecule has 0 saturated carbocycles. The number of nitrogens with two attached hydrogens (primary N) is 1. The number of esters is 1. The highest BCUT2D eigenvalue weighted by Crippen LogP contribution is 2.32. The van der Waals surface area contributed by atoms with Gasteiger partial charge in [0, 0.05) is 18.5 Å². The van der Waals surface area contributed by atoms with Gasteiger partial charge in [0.25, 0.3) is 0 Å². The van der Waals surface area contributed by atoms with Crippen LogP contribution in [0.25, 0.3) is 0 Å². The molecule has 0 spiro atoms. The number of piperidine rings is 1. The molecule has 1 fully saturated rings. The van der Waals surface area contributed by atoms with E-state index >= 15 is 0 Å². The van der Waals surface area contributed by atoms with Crippen LogP contribution in [0, 0.1) is 0 Å². The Morgan fingerprint density at radius 1 is 1.25 bits per heavy atom. The number of benzene rings is 1. The SMILES string of the molecule is COC(=O)C(N)Cc1cccc(OC)c1OCCN1CCCCC1. The molecule has 6 heteroatoms. The number of para-hydroxylation sites is 1. The zero-order valence-corrected chi connectivity index (χ0v) is 14.6. The van der Waals surface area contributed by atoms with Crippen molar-refractivity contribution < 1.29 is 19.0 Å². The Morgan fingerprint density at radius 2 is 2.00 bits per heavy atom. The topological polar surface area (TPSA) is 74.0 Å². The number of hydrogen-bond acceptors (Lipinski definition) is 6. The molecule has 1 aromatic rings. The summed E-state index contributed by atoms with van der Waals surface area (Å²) in [7, 11) is 2.95. The average Bonchev–Trinajstić information content (AvgIpc) is 2.62. The molecule has 0 bridgehead atoms. The highest BCUT2D eigenvalue weighted by molar-refractivity contribution is 5.76. The van der Waals surface area contributed by atoms with E-state index in [9.17, 15) is 4.79 Å². The molecule has 2 rings (SSSR count). The third-order valence-corrected chi connectivity index (χ3v) is 4.33. The van der Waals surface area contributed by atoms with E-state index in [4.69, 9.17) is 19.9 Å². The van der Waals surface area contributed by atoms with Gasteiger partial charge in [0.15, 0.2) is 11.5 Å². The van der Waals surface area contributed by atoms with Gasteiger partial charge >= 0.3 is 5.97 Å². The van der Waals surface area contributed by atoms with Crippen LogP contribution in [0.2, 0.25) is 0 Å². The minimum absolute atomic E-state index is 0.350. The number of rotatable bonds is 8. The van der Waals surface area contributed by atoms with Crippen molar-refractivity contribution in [3.05, 3.63) is 23.8 Å². The van der Waals surface area contributed by atoms with Crippen LogP contribution in [-0.4, -0.2) is 57.4 Å². The summed E-state index contributed by atoms with van der Waals surface area (Å²) in [6.45, 7) is 3.74. The molecule has 0 aromatic heterocycles. The van der Waals surface area contributed by atoms with Crippen LogP contribution < -0.4 is 15.2 Å². The lowest BCUT2D eigenvalue weighted by atomic mass is 10.0. The van der Waals surface area contributed by atoms with Gasteiger partial charge < -0.3 is 19.9 Å². The summed E-state index contributed by atoms with van der Waals surface area (Å²) in [5.41, 5.74) is 6.74. The predicted molar refractivity (Wildman–Crippen MR) is 92.5 cm³/mol. The lowest BCUT2D eigenvalue weighted by molar-refractivity contribution is -0.142. The predicted octanol–water partition coefficient (Wildman–Crippen LogP) is 1.60. The second-order valence-electron chi connectivity index (χ2n) is 6.03. The molecule has 0 amide bonds. The number of carbonyl (C=O) groups is 1. The van der Waals surface area contributed by atoms with E-state index in [-0.39, 0.29) is 0 Å². The van der Waals surface area contributed by atoms with Gasteiger partial charge in [-0.05, 0) is 32.0 Å². The van der Waals surface area contributed by atoms with E-state index < -0.39 is 12.0 Å². The molecule has 0 radical (unpaired) electrons. The van der Waals surface area contributed by atoms with Gasteiger partial charge in [0.1, 0.15) is 12.6 Å². The fourth-order valence-electron chi connectivity index (χ4n) is 2.98. The third kappa shape index (κ3) is 5.11. The number of ether oxygens (including phenoxy) is 3. The summed E-state index contributed by atoms with van der Waals surface area (Å²) in [6, 6.07) is 4.91. The molecule has 0 aliphatic carbocycles. The molecule has 1 aliphatic rings. The molecule has 1 heterocycles. The van der Waals surface area contributed by atoms with Crippen LogP contribution in [0.15, 0.2) is 18.2 Å². The van der Waals surface area contributed by atoms with Gasteiger partial charge in [-0.2, -0.15) is 0 Å². The Labute approximate surface area is 143 Å². The van der Waals surface area contributed by atoms with Gasteiger partial charge in [0.2, 0.25) is 0 Å². The normalized spacial score (nSPS) is 16.5. The molecule has 1 aliphatic heterocycles. The molecule has 134 valence electrons. The lowest BCUT2D eigenvalue weighted by Gasteiger charge is -2.26. The summed E-state index contributed by atoms with van der Waals surface area (Å²) in [6.07, 6.45) is 4.18. The number of nitrogens with zero attached hydrogens (tertiary/aromatic N) is 1. The number of methoxy groups -OCH3 is 2. The summed E-state index contributed by atoms with van der Waals surface area (Å²) in [5.74, 6) is 0.886. The molecule has 24 heavy (non-hydrogen) atoms. The minimum atomic E-state index is -0.716. The van der Waals surface area contributed by atoms with Gasteiger partial charge in [-0.1, -0.05) is 18.6 Å². The Kier molecular flexibility index (Phi) is 7.34. The molecular formula is C18H28N2O4. The Bertz CT molecular complexity index is 530. The molecule has 1 unspecified atom stereocenters. The van der Waals surface area contributed by atoms with Gasteiger partial charge in [-0.25, -0.2) is 0 Å². The zero-order valence-electron chi connectivity index (χ0n) is 14.6. The summed E-state index contributed by atoms with van der Waals surface area (Å²) >= 11 is 0. The van der Waals surface area contributed by atoms with E-state index in [2.05, 4.69) is 4.90 Å². The van der Waals surface area contributed by atoms with E-state index in [1.165, 1.54) is 26.4 Å². The first-order valence-corrected chi connectivity index (χ1v) is 8.50. The third-order valence-electron chi connectivity index (χ3n) is 4.33. The van der Waals surface area contributed by atoms with Crippen LogP contribution in [-0.2, 0) is 16.0 Å². The highest BCUT2D eigenvalue weighted by Gasteiger charge is 2.19. The fraction of sp³-hybridized carbons (Fsp3) is 0.611. The fourth-order valence-corrected chi connectivity index (χ4v) is 2.98. The van der Waals surface area contributed by atoms with Crippen LogP contribution in [0.5, 0.6) is 11.5 Å². The first-order chi connectivity index (χ1) is 11.7. The molecule has 1 aromatic carbocycles. The minimum Gasteiger partial charge on any atom is -0.493 e. The van der Waals surface area contributed by atoms with Crippen LogP contribution in [0.3, 0.4) is 0 Å². The Balaban J connectivity index is 2.01. The van der Waals surface area contributed by atoms with Crippen LogP contribution in [0.1, 0.15) is 24.8 Å². The molecule has 2 N–H and O–H groups in total. The lowest BCUT2D eigenvalue weighted by Crippen LogP contribution is -2.34. The van der Waals surface area contributed by atoms with Gasteiger partial charge in [-0.15, -0.1) is 0 Å². The number of likely N-dealkylation sites (tertiary alicyclic amines) is 1. The second kappa shape index (κ2) is 9.49. The van der Waals surface area contributed by atoms with E-state index in [0.717, 1.165) is 25.2 Å². The highest BCUT2D eigenvalue weighted by atomic mass is 16.5. The maximum atomic E-state index is 11.6. The zero-order chi connectivity index (χ0) is 17.4. The maximum Gasteiger partial charge on any atom is 0.322 e. The molecule has 6 nitrogen and oxygen atoms in total. The monoisotopic (exact) mass is 336 g/mol. The van der Waals surface area contributed by atoms with Crippen molar-refractivity contribution in [1.82, 2.24) is 4.90 Å². The van der Waals surface area contributed by atoms with Crippen molar-refractivity contribution in [1.29, 1.82) is 0 Å². The summed E-state index contributed by atoms with van der Waals surface area (Å²) in [5, 5.41) is 0. The molecular weight excluding hydrogens is 308 g/mol. The largest absolute Gasteiger partial charge is 0.493 e. The van der Waals surface area contributed by atoms with E-state index in [0.29, 0.717) is 24.5 Å². The van der Waals surface area contributed by atoms with Crippen LogP contribution in [0.4, 0.5) is 0 Å². The van der Waals surface area contributed by atoms with Crippen molar-refractivity contribution in [2.75, 3.05) is 40.5 Å². The summed E-state index contributed by atoms with van der Waals surface area (Å²) in [4.78, 5) is 14.0. The van der Waals surface area contributed by atoms with Crippen molar-refractivity contribution >= 4 is 5.97 Å². The first kappa shape index (κ1) is 18.5. The van der Waals surface area contributed by atoms with Crippen LogP contribution >= 0.6 is 0 Å². The quantitative estimate of drug-likeness (QED) is 0.727. The van der Waals surface area contributed by atoms with Crippen molar-refractivity contribution in [3.63, 3.8) is 0 Å².